The number of rotatable bonds is 6. The van der Waals surface area contributed by atoms with Gasteiger partial charge in [-0.15, -0.1) is 12.4 Å². The molecule has 1 aliphatic carbocycles. The van der Waals surface area contributed by atoms with E-state index in [1.165, 1.54) is 0 Å². The number of aliphatic imine (C=N–C) groups is 1. The number of aromatic nitrogens is 1. The molecule has 1 aromatic carbocycles. The highest BCUT2D eigenvalue weighted by molar-refractivity contribution is 6.16. The Morgan fingerprint density at radius 3 is 2.48 bits per heavy atom. The van der Waals surface area contributed by atoms with Gasteiger partial charge in [-0.3, -0.25) is 4.99 Å². The number of aliphatic hydroxyl groups is 1. The average Bonchev–Trinajstić information content (AvgIpc) is 2.78. The number of benzene rings is 1. The third-order valence-electron chi connectivity index (χ3n) is 5.86. The number of hydrogen-bond acceptors (Lipinski definition) is 7. The van der Waals surface area contributed by atoms with Crippen LogP contribution in [0.2, 0.25) is 0 Å². The Hall–Kier alpha value is -2.51. The Balaban J connectivity index is 0.00000272. The quantitative estimate of drug-likeness (QED) is 0.724. The van der Waals surface area contributed by atoms with E-state index in [4.69, 9.17) is 23.9 Å². The third kappa shape index (κ3) is 4.29. The summed E-state index contributed by atoms with van der Waals surface area (Å²) in [5, 5.41) is 10.3. The van der Waals surface area contributed by atoms with Crippen molar-refractivity contribution in [3.63, 3.8) is 0 Å². The molecule has 1 saturated carbocycles. The van der Waals surface area contributed by atoms with E-state index >= 15 is 0 Å². The topological polar surface area (TPSA) is 82.4 Å². The molecule has 1 aromatic heterocycles. The number of halogens is 1. The lowest BCUT2D eigenvalue weighted by Gasteiger charge is -2.37. The molecule has 8 heteroatoms. The van der Waals surface area contributed by atoms with Gasteiger partial charge in [-0.05, 0) is 49.9 Å². The smallest absolute Gasteiger partial charge is 0.226 e. The zero-order valence-electron chi connectivity index (χ0n) is 18.3. The lowest BCUT2D eigenvalue weighted by atomic mass is 9.74. The third-order valence-corrected chi connectivity index (χ3v) is 5.86. The Labute approximate surface area is 188 Å². The summed E-state index contributed by atoms with van der Waals surface area (Å²) in [5.41, 5.74) is 3.69. The Bertz CT molecular complexity index is 965. The maximum absolute atomic E-state index is 10.3. The predicted molar refractivity (Wildman–Crippen MR) is 121 cm³/mol. The molecular formula is C23H29ClN2O5. The minimum absolute atomic E-state index is 0. The fourth-order valence-electron chi connectivity index (χ4n) is 4.46. The molecule has 0 unspecified atom stereocenters. The molecular weight excluding hydrogens is 420 g/mol. The molecule has 2 aliphatic rings. The van der Waals surface area contributed by atoms with Crippen LogP contribution in [-0.4, -0.2) is 55.9 Å². The van der Waals surface area contributed by atoms with Crippen LogP contribution in [0.3, 0.4) is 0 Å². The summed E-state index contributed by atoms with van der Waals surface area (Å²) >= 11 is 0. The second kappa shape index (κ2) is 9.75. The SMILES string of the molecule is CCOc1cc2c(cc1OC)C(c1ccc(OC)nc1OC)=N[C@@H]1CC[C@@H](O)C[C@H]21.Cl. The number of hydrogen-bond donors (Lipinski definition) is 1. The zero-order valence-corrected chi connectivity index (χ0v) is 19.1. The second-order valence-electron chi connectivity index (χ2n) is 7.55. The van der Waals surface area contributed by atoms with Crippen molar-refractivity contribution >= 4 is 18.1 Å². The number of nitrogens with zero attached hydrogens (tertiary/aromatic N) is 2. The van der Waals surface area contributed by atoms with Gasteiger partial charge in [-0.25, -0.2) is 0 Å². The van der Waals surface area contributed by atoms with Gasteiger partial charge in [0.15, 0.2) is 11.5 Å². The summed E-state index contributed by atoms with van der Waals surface area (Å²) < 4.78 is 22.2. The van der Waals surface area contributed by atoms with Crippen LogP contribution in [0, 0.1) is 0 Å². The average molecular weight is 449 g/mol. The van der Waals surface area contributed by atoms with Gasteiger partial charge in [0.2, 0.25) is 11.8 Å². The number of aliphatic hydroxyl groups excluding tert-OH is 1. The molecule has 31 heavy (non-hydrogen) atoms. The van der Waals surface area contributed by atoms with Crippen LogP contribution in [-0.2, 0) is 0 Å². The summed E-state index contributed by atoms with van der Waals surface area (Å²) in [6.07, 6.45) is 1.95. The van der Waals surface area contributed by atoms with Gasteiger partial charge in [0.05, 0.1) is 51.4 Å². The lowest BCUT2D eigenvalue weighted by Crippen LogP contribution is -2.34. The minimum Gasteiger partial charge on any atom is -0.493 e. The molecule has 2 aromatic rings. The molecule has 0 bridgehead atoms. The molecule has 0 amide bonds. The van der Waals surface area contributed by atoms with Crippen LogP contribution in [0.15, 0.2) is 29.3 Å². The van der Waals surface area contributed by atoms with Crippen molar-refractivity contribution in [2.45, 2.75) is 44.2 Å². The first-order valence-corrected chi connectivity index (χ1v) is 10.3. The van der Waals surface area contributed by atoms with Crippen LogP contribution in [0.5, 0.6) is 23.3 Å². The van der Waals surface area contributed by atoms with E-state index < -0.39 is 0 Å². The van der Waals surface area contributed by atoms with E-state index in [2.05, 4.69) is 4.98 Å². The van der Waals surface area contributed by atoms with Gasteiger partial charge in [-0.1, -0.05) is 0 Å². The van der Waals surface area contributed by atoms with Crippen molar-refractivity contribution in [2.24, 2.45) is 4.99 Å². The van der Waals surface area contributed by atoms with Gasteiger partial charge in [0, 0.05) is 17.5 Å². The molecule has 0 saturated heterocycles. The first-order valence-electron chi connectivity index (χ1n) is 10.3. The maximum Gasteiger partial charge on any atom is 0.226 e. The van der Waals surface area contributed by atoms with Crippen molar-refractivity contribution in [1.82, 2.24) is 4.98 Å². The molecule has 7 nitrogen and oxygen atoms in total. The molecule has 2 heterocycles. The zero-order chi connectivity index (χ0) is 21.3. The molecule has 0 radical (unpaired) electrons. The standard InChI is InChI=1S/C23H28N2O5.ClH/c1-5-30-20-11-15-16-10-13(26)6-8-18(16)24-22(17(15)12-19(20)27-2)14-7-9-21(28-3)25-23(14)29-4;/h7,9,11-13,16,18,26H,5-6,8,10H2,1-4H3;1H/t13-,16-,18-;/m1./s1. The Kier molecular flexibility index (Phi) is 7.28. The number of methoxy groups -OCH3 is 3. The summed E-state index contributed by atoms with van der Waals surface area (Å²) in [5.74, 6) is 2.43. The van der Waals surface area contributed by atoms with Gasteiger partial charge < -0.3 is 24.1 Å². The van der Waals surface area contributed by atoms with Crippen LogP contribution in [0.4, 0.5) is 0 Å². The van der Waals surface area contributed by atoms with Crippen molar-refractivity contribution in [2.75, 3.05) is 27.9 Å². The highest BCUT2D eigenvalue weighted by Crippen LogP contribution is 2.45. The first kappa shape index (κ1) is 23.2. The van der Waals surface area contributed by atoms with E-state index in [-0.39, 0.29) is 30.5 Å². The number of fused-ring (bicyclic) bond motifs is 3. The largest absolute Gasteiger partial charge is 0.493 e. The monoisotopic (exact) mass is 448 g/mol. The predicted octanol–water partition coefficient (Wildman–Crippen LogP) is 3.78. The van der Waals surface area contributed by atoms with E-state index in [0.29, 0.717) is 36.3 Å². The fourth-order valence-corrected chi connectivity index (χ4v) is 4.46. The van der Waals surface area contributed by atoms with E-state index in [1.54, 1.807) is 21.3 Å². The van der Waals surface area contributed by atoms with Gasteiger partial charge in [0.1, 0.15) is 0 Å². The van der Waals surface area contributed by atoms with Crippen molar-refractivity contribution in [3.05, 3.63) is 41.0 Å². The lowest BCUT2D eigenvalue weighted by molar-refractivity contribution is 0.111. The van der Waals surface area contributed by atoms with Gasteiger partial charge >= 0.3 is 0 Å². The molecule has 4 rings (SSSR count). The van der Waals surface area contributed by atoms with E-state index in [1.807, 2.05) is 31.2 Å². The minimum atomic E-state index is -0.314. The van der Waals surface area contributed by atoms with Gasteiger partial charge in [-0.2, -0.15) is 4.98 Å². The van der Waals surface area contributed by atoms with E-state index in [0.717, 1.165) is 35.2 Å². The molecule has 1 N–H and O–H groups in total. The van der Waals surface area contributed by atoms with Crippen LogP contribution >= 0.6 is 12.4 Å². The van der Waals surface area contributed by atoms with Gasteiger partial charge in [0.25, 0.3) is 0 Å². The van der Waals surface area contributed by atoms with E-state index in [9.17, 15) is 5.11 Å². The molecule has 1 aliphatic heterocycles. The first-order chi connectivity index (χ1) is 14.6. The fraction of sp³-hybridized carbons (Fsp3) is 0.478. The highest BCUT2D eigenvalue weighted by Gasteiger charge is 2.38. The normalized spacial score (nSPS) is 21.7. The van der Waals surface area contributed by atoms with Crippen LogP contribution in [0.25, 0.3) is 0 Å². The summed E-state index contributed by atoms with van der Waals surface area (Å²) in [4.78, 5) is 9.56. The Morgan fingerprint density at radius 2 is 1.81 bits per heavy atom. The van der Waals surface area contributed by atoms with Crippen molar-refractivity contribution < 1.29 is 24.1 Å². The highest BCUT2D eigenvalue weighted by atomic mass is 35.5. The second-order valence-corrected chi connectivity index (χ2v) is 7.55. The molecule has 168 valence electrons. The molecule has 0 spiro atoms. The maximum atomic E-state index is 10.3. The van der Waals surface area contributed by atoms with Crippen LogP contribution in [0.1, 0.15) is 48.8 Å². The number of ether oxygens (including phenoxy) is 4. The van der Waals surface area contributed by atoms with Crippen molar-refractivity contribution in [1.29, 1.82) is 0 Å². The van der Waals surface area contributed by atoms with Crippen LogP contribution < -0.4 is 18.9 Å². The summed E-state index contributed by atoms with van der Waals surface area (Å²) in [7, 11) is 4.80. The van der Waals surface area contributed by atoms with Crippen molar-refractivity contribution in [3.8, 4) is 23.3 Å². The summed E-state index contributed by atoms with van der Waals surface area (Å²) in [6.45, 7) is 2.50. The Morgan fingerprint density at radius 1 is 1.00 bits per heavy atom. The number of pyridine rings is 1. The summed E-state index contributed by atoms with van der Waals surface area (Å²) in [6, 6.07) is 7.84. The molecule has 1 fully saturated rings. The molecule has 3 atom stereocenters.